The second-order valence-corrected chi connectivity index (χ2v) is 13.9. The van der Waals surface area contributed by atoms with Crippen LogP contribution in [0, 0.1) is 0 Å². The van der Waals surface area contributed by atoms with Crippen molar-refractivity contribution in [3.05, 3.63) is 59.9 Å². The van der Waals surface area contributed by atoms with Crippen molar-refractivity contribution in [3.63, 3.8) is 0 Å². The highest BCUT2D eigenvalue weighted by molar-refractivity contribution is 8.29. The minimum atomic E-state index is 1.36. The Labute approximate surface area is 171 Å². The molecule has 0 N–H and O–H groups in total. The van der Waals surface area contributed by atoms with Crippen molar-refractivity contribution in [1.29, 1.82) is 0 Å². The smallest absolute Gasteiger partial charge is 0.0566 e. The molecule has 0 fully saturated rings. The van der Waals surface area contributed by atoms with E-state index >= 15 is 0 Å². The van der Waals surface area contributed by atoms with Gasteiger partial charge in [0.1, 0.15) is 0 Å². The zero-order valence-corrected chi connectivity index (χ0v) is 19.5. The van der Waals surface area contributed by atoms with Gasteiger partial charge in [-0.1, -0.05) is 70.6 Å². The number of thioether (sulfide) groups is 6. The summed E-state index contributed by atoms with van der Waals surface area (Å²) in [6.45, 7) is 13.3. The van der Waals surface area contributed by atoms with Crippen LogP contribution in [0.3, 0.4) is 0 Å². The largest absolute Gasteiger partial charge is 0.0866 e. The van der Waals surface area contributed by atoms with E-state index in [-0.39, 0.29) is 0 Å². The van der Waals surface area contributed by atoms with Gasteiger partial charge in [-0.2, -0.15) is 0 Å². The van der Waals surface area contributed by atoms with Crippen LogP contribution in [0.15, 0.2) is 59.9 Å². The minimum Gasteiger partial charge on any atom is -0.0866 e. The van der Waals surface area contributed by atoms with Gasteiger partial charge in [0, 0.05) is 8.47 Å². The van der Waals surface area contributed by atoms with E-state index in [0.29, 0.717) is 0 Å². The van der Waals surface area contributed by atoms with Gasteiger partial charge in [-0.25, -0.2) is 0 Å². The number of hydrogen-bond donors (Lipinski definition) is 0. The van der Waals surface area contributed by atoms with E-state index in [1.807, 2.05) is 70.6 Å². The normalized spacial score (nSPS) is 21.7. The molecule has 0 saturated carbocycles. The zero-order chi connectivity index (χ0) is 17.4. The van der Waals surface area contributed by atoms with Gasteiger partial charge in [-0.15, -0.1) is 0 Å². The second-order valence-electron chi connectivity index (χ2n) is 5.62. The highest BCUT2D eigenvalue weighted by Crippen LogP contribution is 2.55. The van der Waals surface area contributed by atoms with Crippen LogP contribution in [-0.4, -0.2) is 0 Å². The van der Waals surface area contributed by atoms with Crippen molar-refractivity contribution >= 4 is 70.6 Å². The fourth-order valence-electron chi connectivity index (χ4n) is 2.02. The van der Waals surface area contributed by atoms with Crippen LogP contribution in [0.4, 0.5) is 0 Å². The zero-order valence-electron chi connectivity index (χ0n) is 14.6. The summed E-state index contributed by atoms with van der Waals surface area (Å²) in [5.41, 5.74) is 1.36. The lowest BCUT2D eigenvalue weighted by molar-refractivity contribution is 1.57. The predicted octanol–water partition coefficient (Wildman–Crippen LogP) is 9.07. The molecule has 0 aromatic rings. The summed E-state index contributed by atoms with van der Waals surface area (Å²) in [4.78, 5) is 8.58. The molecular formula is C18H20S6. The van der Waals surface area contributed by atoms with E-state index in [0.717, 1.165) is 0 Å². The van der Waals surface area contributed by atoms with Crippen molar-refractivity contribution < 1.29 is 0 Å². The molecule has 0 unspecified atom stereocenters. The van der Waals surface area contributed by atoms with Crippen molar-refractivity contribution in [2.75, 3.05) is 0 Å². The molecule has 6 heteroatoms. The first-order chi connectivity index (χ1) is 11.3. The van der Waals surface area contributed by atoms with E-state index in [9.17, 15) is 0 Å². The van der Waals surface area contributed by atoms with Gasteiger partial charge in [0.05, 0.1) is 4.24 Å². The quantitative estimate of drug-likeness (QED) is 0.427. The number of allylic oxidation sites excluding steroid dienone is 9. The van der Waals surface area contributed by atoms with Crippen LogP contribution < -0.4 is 0 Å². The molecular weight excluding hydrogens is 409 g/mol. The van der Waals surface area contributed by atoms with Crippen LogP contribution in [0.5, 0.6) is 0 Å². The fourth-order valence-corrected chi connectivity index (χ4v) is 9.37. The molecule has 0 aromatic carbocycles. The Morgan fingerprint density at radius 2 is 0.792 bits per heavy atom. The SMILES string of the molecule is CC1=C(C)SC(=CC(C=C2SC(C)=C(C)S2)=C2SC(C)=C(C)S2)S1. The fraction of sp³-hybridized carbons (Fsp3) is 0.333. The molecule has 0 aromatic heterocycles. The standard InChI is InChI=1S/C18H20S6/c1-9-10(2)20-16(19-9)7-15(18-23-13(5)14(6)24-18)8-17-21-11(3)12(4)22-17/h7-8H,1-6H3. The van der Waals surface area contributed by atoms with E-state index in [4.69, 9.17) is 0 Å². The van der Waals surface area contributed by atoms with Crippen molar-refractivity contribution in [2.24, 2.45) is 0 Å². The van der Waals surface area contributed by atoms with Crippen LogP contribution in [-0.2, 0) is 0 Å². The first-order valence-electron chi connectivity index (χ1n) is 7.60. The average molecular weight is 429 g/mol. The molecule has 3 aliphatic heterocycles. The Bertz CT molecular complexity index is 679. The lowest BCUT2D eigenvalue weighted by Gasteiger charge is -2.05. The molecule has 0 nitrogen and oxygen atoms in total. The van der Waals surface area contributed by atoms with E-state index in [2.05, 4.69) is 53.7 Å². The number of hydrogen-bond acceptors (Lipinski definition) is 6. The van der Waals surface area contributed by atoms with Crippen molar-refractivity contribution in [2.45, 2.75) is 41.5 Å². The first-order valence-corrected chi connectivity index (χ1v) is 12.5. The van der Waals surface area contributed by atoms with Crippen molar-refractivity contribution in [3.8, 4) is 0 Å². The van der Waals surface area contributed by atoms with Gasteiger partial charge in [-0.05, 0) is 88.7 Å². The highest BCUT2D eigenvalue weighted by atomic mass is 32.2. The third kappa shape index (κ3) is 4.44. The molecule has 128 valence electrons. The molecule has 3 heterocycles. The third-order valence-corrected chi connectivity index (χ3v) is 11.5. The maximum Gasteiger partial charge on any atom is 0.0566 e. The molecule has 24 heavy (non-hydrogen) atoms. The molecule has 3 rings (SSSR count). The Kier molecular flexibility index (Phi) is 6.48. The molecule has 0 amide bonds. The predicted molar refractivity (Wildman–Crippen MR) is 124 cm³/mol. The first kappa shape index (κ1) is 19.3. The molecule has 0 saturated heterocycles. The van der Waals surface area contributed by atoms with Crippen LogP contribution >= 0.6 is 70.6 Å². The second kappa shape index (κ2) is 8.05. The maximum atomic E-state index is 2.38. The molecule has 0 radical (unpaired) electrons. The average Bonchev–Trinajstić information content (AvgIpc) is 3.11. The summed E-state index contributed by atoms with van der Waals surface area (Å²) in [5, 5.41) is 0. The Morgan fingerprint density at radius 1 is 0.500 bits per heavy atom. The van der Waals surface area contributed by atoms with Gasteiger partial charge in [0.15, 0.2) is 0 Å². The maximum absolute atomic E-state index is 2.38. The van der Waals surface area contributed by atoms with Crippen molar-refractivity contribution in [1.82, 2.24) is 0 Å². The molecule has 0 atom stereocenters. The van der Waals surface area contributed by atoms with Gasteiger partial charge in [0.2, 0.25) is 0 Å². The summed E-state index contributed by atoms with van der Waals surface area (Å²) < 4.78 is 4.20. The summed E-state index contributed by atoms with van der Waals surface area (Å²) >= 11 is 11.5. The molecule has 3 aliphatic rings. The monoisotopic (exact) mass is 428 g/mol. The molecule has 0 spiro atoms. The van der Waals surface area contributed by atoms with Crippen LogP contribution in [0.25, 0.3) is 0 Å². The van der Waals surface area contributed by atoms with Crippen LogP contribution in [0.1, 0.15) is 41.5 Å². The molecule has 0 aliphatic carbocycles. The highest BCUT2D eigenvalue weighted by Gasteiger charge is 2.21. The topological polar surface area (TPSA) is 0 Å². The van der Waals surface area contributed by atoms with E-state index in [1.165, 1.54) is 47.7 Å². The van der Waals surface area contributed by atoms with Gasteiger partial charge < -0.3 is 0 Å². The molecule has 0 bridgehead atoms. The Morgan fingerprint density at radius 3 is 1.12 bits per heavy atom. The Hall–Kier alpha value is 0.540. The van der Waals surface area contributed by atoms with Crippen LogP contribution in [0.2, 0.25) is 0 Å². The van der Waals surface area contributed by atoms with E-state index in [1.54, 1.807) is 0 Å². The summed E-state index contributed by atoms with van der Waals surface area (Å²) in [5.74, 6) is 0. The lowest BCUT2D eigenvalue weighted by atomic mass is 10.3. The third-order valence-electron chi connectivity index (χ3n) is 3.78. The van der Waals surface area contributed by atoms with E-state index < -0.39 is 0 Å². The van der Waals surface area contributed by atoms with Gasteiger partial charge in [-0.3, -0.25) is 0 Å². The van der Waals surface area contributed by atoms with Gasteiger partial charge >= 0.3 is 0 Å². The minimum absolute atomic E-state index is 1.36. The number of rotatable bonds is 2. The summed E-state index contributed by atoms with van der Waals surface area (Å²) in [6.07, 6.45) is 4.77. The lowest BCUT2D eigenvalue weighted by Crippen LogP contribution is -1.79. The van der Waals surface area contributed by atoms with Gasteiger partial charge in [0.25, 0.3) is 0 Å². The Balaban J connectivity index is 1.91. The summed E-state index contributed by atoms with van der Waals surface area (Å²) in [6, 6.07) is 0. The summed E-state index contributed by atoms with van der Waals surface area (Å²) in [7, 11) is 0.